The van der Waals surface area contributed by atoms with Crippen molar-refractivity contribution in [1.82, 2.24) is 10.0 Å². The Morgan fingerprint density at radius 3 is 2.50 bits per heavy atom. The molecule has 0 spiro atoms. The zero-order valence-electron chi connectivity index (χ0n) is 11.0. The molecule has 1 unspecified atom stereocenters. The zero-order chi connectivity index (χ0) is 13.4. The Hall–Kier alpha value is -0.910. The van der Waals surface area contributed by atoms with Gasteiger partial charge in [0.15, 0.2) is 0 Å². The van der Waals surface area contributed by atoms with Gasteiger partial charge in [0.05, 0.1) is 5.75 Å². The third kappa shape index (κ3) is 6.14. The highest BCUT2D eigenvalue weighted by Gasteiger charge is 2.14. The highest BCUT2D eigenvalue weighted by molar-refractivity contribution is 7.89. The van der Waals surface area contributed by atoms with Gasteiger partial charge in [-0.25, -0.2) is 13.1 Å². The minimum absolute atomic E-state index is 0.0769. The quantitative estimate of drug-likeness (QED) is 0.697. The first-order valence-electron chi connectivity index (χ1n) is 6.22. The number of nitrogens with one attached hydrogen (secondary N) is 2. The van der Waals surface area contributed by atoms with E-state index in [0.29, 0.717) is 19.4 Å². The van der Waals surface area contributed by atoms with Gasteiger partial charge in [0.1, 0.15) is 0 Å². The van der Waals surface area contributed by atoms with Gasteiger partial charge in [-0.05, 0) is 38.9 Å². The van der Waals surface area contributed by atoms with Gasteiger partial charge in [-0.1, -0.05) is 30.3 Å². The molecule has 0 amide bonds. The van der Waals surface area contributed by atoms with E-state index in [1.54, 1.807) is 0 Å². The predicted molar refractivity (Wildman–Crippen MR) is 75.1 cm³/mol. The molecule has 1 aromatic carbocycles. The fourth-order valence-electron chi connectivity index (χ4n) is 1.81. The molecule has 102 valence electrons. The van der Waals surface area contributed by atoms with E-state index in [1.165, 1.54) is 0 Å². The lowest BCUT2D eigenvalue weighted by molar-refractivity contribution is 0.556. The second-order valence-corrected chi connectivity index (χ2v) is 6.36. The molecule has 0 aromatic heterocycles. The van der Waals surface area contributed by atoms with Crippen LogP contribution in [0.1, 0.15) is 18.9 Å². The van der Waals surface area contributed by atoms with Crippen molar-refractivity contribution in [3.05, 3.63) is 35.9 Å². The molecule has 0 aliphatic rings. The third-order valence-corrected chi connectivity index (χ3v) is 4.19. The molecule has 0 saturated carbocycles. The van der Waals surface area contributed by atoms with Crippen molar-refractivity contribution in [3.63, 3.8) is 0 Å². The SMILES string of the molecule is CNCCCS(=O)(=O)NC(C)Cc1ccccc1. The lowest BCUT2D eigenvalue weighted by Crippen LogP contribution is -2.36. The van der Waals surface area contributed by atoms with E-state index in [-0.39, 0.29) is 11.8 Å². The minimum atomic E-state index is -3.16. The summed E-state index contributed by atoms with van der Waals surface area (Å²) in [6, 6.07) is 9.81. The van der Waals surface area contributed by atoms with E-state index in [9.17, 15) is 8.42 Å². The van der Waals surface area contributed by atoms with Crippen LogP contribution in [0.3, 0.4) is 0 Å². The first-order valence-corrected chi connectivity index (χ1v) is 7.87. The van der Waals surface area contributed by atoms with Crippen LogP contribution in [0.2, 0.25) is 0 Å². The molecule has 0 bridgehead atoms. The normalized spacial score (nSPS) is 13.4. The summed E-state index contributed by atoms with van der Waals surface area (Å²) in [5.74, 6) is 0.174. The number of sulfonamides is 1. The van der Waals surface area contributed by atoms with E-state index in [4.69, 9.17) is 0 Å². The molecule has 18 heavy (non-hydrogen) atoms. The van der Waals surface area contributed by atoms with Crippen LogP contribution in [0.5, 0.6) is 0 Å². The summed E-state index contributed by atoms with van der Waals surface area (Å²) in [7, 11) is -1.35. The topological polar surface area (TPSA) is 58.2 Å². The molecule has 1 atom stereocenters. The summed E-state index contributed by atoms with van der Waals surface area (Å²) < 4.78 is 26.2. The molecule has 0 fully saturated rings. The van der Waals surface area contributed by atoms with Gasteiger partial charge in [-0.15, -0.1) is 0 Å². The van der Waals surface area contributed by atoms with Crippen molar-refractivity contribution in [3.8, 4) is 0 Å². The Morgan fingerprint density at radius 1 is 1.22 bits per heavy atom. The van der Waals surface area contributed by atoms with Crippen LogP contribution >= 0.6 is 0 Å². The van der Waals surface area contributed by atoms with E-state index in [1.807, 2.05) is 44.3 Å². The van der Waals surface area contributed by atoms with Gasteiger partial charge in [0.2, 0.25) is 10.0 Å². The molecule has 0 saturated heterocycles. The molecular weight excluding hydrogens is 248 g/mol. The molecule has 1 aromatic rings. The largest absolute Gasteiger partial charge is 0.320 e. The highest BCUT2D eigenvalue weighted by atomic mass is 32.2. The van der Waals surface area contributed by atoms with Gasteiger partial charge in [0, 0.05) is 6.04 Å². The Labute approximate surface area is 110 Å². The van der Waals surface area contributed by atoms with Crippen LogP contribution in [0, 0.1) is 0 Å². The molecule has 1 rings (SSSR count). The Balaban J connectivity index is 2.41. The molecule has 0 radical (unpaired) electrons. The van der Waals surface area contributed by atoms with Crippen molar-refractivity contribution in [2.45, 2.75) is 25.8 Å². The first kappa shape index (κ1) is 15.1. The smallest absolute Gasteiger partial charge is 0.211 e. The van der Waals surface area contributed by atoms with Crippen LogP contribution in [0.15, 0.2) is 30.3 Å². The summed E-state index contributed by atoms with van der Waals surface area (Å²) in [5, 5.41) is 2.94. The number of hydrogen-bond donors (Lipinski definition) is 2. The maximum absolute atomic E-state index is 11.8. The molecule has 0 aliphatic heterocycles. The Bertz CT molecular complexity index is 432. The maximum atomic E-state index is 11.8. The van der Waals surface area contributed by atoms with Gasteiger partial charge in [0.25, 0.3) is 0 Å². The molecular formula is C13H22N2O2S. The predicted octanol–water partition coefficient (Wildman–Crippen LogP) is 1.15. The number of rotatable bonds is 8. The average molecular weight is 270 g/mol. The van der Waals surface area contributed by atoms with Crippen molar-refractivity contribution in [1.29, 1.82) is 0 Å². The molecule has 4 nitrogen and oxygen atoms in total. The van der Waals surface area contributed by atoms with E-state index >= 15 is 0 Å². The summed E-state index contributed by atoms with van der Waals surface area (Å²) in [5.41, 5.74) is 1.14. The molecule has 5 heteroatoms. The molecule has 2 N–H and O–H groups in total. The molecule has 0 aliphatic carbocycles. The zero-order valence-corrected chi connectivity index (χ0v) is 11.8. The van der Waals surface area contributed by atoms with Gasteiger partial charge in [-0.3, -0.25) is 0 Å². The van der Waals surface area contributed by atoms with Crippen molar-refractivity contribution in [2.75, 3.05) is 19.3 Å². The van der Waals surface area contributed by atoms with Crippen LogP contribution in [-0.2, 0) is 16.4 Å². The van der Waals surface area contributed by atoms with Gasteiger partial charge >= 0.3 is 0 Å². The second kappa shape index (κ2) is 7.51. The van der Waals surface area contributed by atoms with Crippen LogP contribution in [-0.4, -0.2) is 33.8 Å². The van der Waals surface area contributed by atoms with Crippen LogP contribution in [0.25, 0.3) is 0 Å². The van der Waals surface area contributed by atoms with Crippen LogP contribution in [0.4, 0.5) is 0 Å². The third-order valence-electron chi connectivity index (χ3n) is 2.61. The summed E-state index contributed by atoms with van der Waals surface area (Å²) in [4.78, 5) is 0. The average Bonchev–Trinajstić information content (AvgIpc) is 2.29. The Morgan fingerprint density at radius 2 is 1.89 bits per heavy atom. The van der Waals surface area contributed by atoms with E-state index < -0.39 is 10.0 Å². The lowest BCUT2D eigenvalue weighted by atomic mass is 10.1. The minimum Gasteiger partial charge on any atom is -0.320 e. The maximum Gasteiger partial charge on any atom is 0.211 e. The monoisotopic (exact) mass is 270 g/mol. The summed E-state index contributed by atoms with van der Waals surface area (Å²) >= 11 is 0. The number of hydrogen-bond acceptors (Lipinski definition) is 3. The standard InChI is InChI=1S/C13H22N2O2S/c1-12(11-13-7-4-3-5-8-13)15-18(16,17)10-6-9-14-2/h3-5,7-8,12,14-15H,6,9-11H2,1-2H3. The first-order chi connectivity index (χ1) is 8.53. The lowest BCUT2D eigenvalue weighted by Gasteiger charge is -2.14. The van der Waals surface area contributed by atoms with Crippen molar-refractivity contribution < 1.29 is 8.42 Å². The summed E-state index contributed by atoms with van der Waals surface area (Å²) in [6.45, 7) is 2.61. The number of benzene rings is 1. The Kier molecular flexibility index (Phi) is 6.32. The fourth-order valence-corrected chi connectivity index (χ4v) is 3.15. The highest BCUT2D eigenvalue weighted by Crippen LogP contribution is 2.04. The van der Waals surface area contributed by atoms with Crippen molar-refractivity contribution in [2.24, 2.45) is 0 Å². The van der Waals surface area contributed by atoms with E-state index in [2.05, 4.69) is 10.0 Å². The summed E-state index contributed by atoms with van der Waals surface area (Å²) in [6.07, 6.45) is 1.34. The van der Waals surface area contributed by atoms with Gasteiger partial charge in [-0.2, -0.15) is 0 Å². The van der Waals surface area contributed by atoms with E-state index in [0.717, 1.165) is 5.56 Å². The van der Waals surface area contributed by atoms with Crippen molar-refractivity contribution >= 4 is 10.0 Å². The molecule has 0 heterocycles. The second-order valence-electron chi connectivity index (χ2n) is 4.48. The van der Waals surface area contributed by atoms with Gasteiger partial charge < -0.3 is 5.32 Å². The van der Waals surface area contributed by atoms with Crippen LogP contribution < -0.4 is 10.0 Å². The fraction of sp³-hybridized carbons (Fsp3) is 0.538.